The molecule has 0 aromatic carbocycles. The van der Waals surface area contributed by atoms with Crippen LogP contribution in [0.25, 0.3) is 0 Å². The zero-order valence-corrected chi connectivity index (χ0v) is 13.8. The Balaban J connectivity index is 1.85. The summed E-state index contributed by atoms with van der Waals surface area (Å²) >= 11 is 0. The highest BCUT2D eigenvalue weighted by Crippen LogP contribution is 2.19. The number of rotatable bonds is 3. The summed E-state index contributed by atoms with van der Waals surface area (Å²) in [4.78, 5) is 38.7. The van der Waals surface area contributed by atoms with Crippen LogP contribution in [0.15, 0.2) is 24.4 Å². The molecule has 1 fully saturated rings. The van der Waals surface area contributed by atoms with Crippen LogP contribution in [-0.2, 0) is 4.79 Å². The maximum atomic E-state index is 12.6. The van der Waals surface area contributed by atoms with Gasteiger partial charge in [-0.25, -0.2) is 4.98 Å². The van der Waals surface area contributed by atoms with Crippen LogP contribution < -0.4 is 10.6 Å². The summed E-state index contributed by atoms with van der Waals surface area (Å²) in [7, 11) is 0. The smallest absolute Gasteiger partial charge is 0.310 e. The van der Waals surface area contributed by atoms with Gasteiger partial charge < -0.3 is 25.6 Å². The van der Waals surface area contributed by atoms with Crippen molar-refractivity contribution in [1.29, 1.82) is 0 Å². The maximum absolute atomic E-state index is 12.6. The molecule has 0 radical (unpaired) electrons. The molecule has 132 valence electrons. The summed E-state index contributed by atoms with van der Waals surface area (Å²) in [6.45, 7) is 3.05. The van der Waals surface area contributed by atoms with Crippen molar-refractivity contribution in [3.63, 3.8) is 0 Å². The predicted molar refractivity (Wildman–Crippen MR) is 91.2 cm³/mol. The van der Waals surface area contributed by atoms with Crippen molar-refractivity contribution in [1.82, 2.24) is 19.9 Å². The number of nitrogens with two attached hydrogens (primary N) is 1. The highest BCUT2D eigenvalue weighted by Gasteiger charge is 2.31. The summed E-state index contributed by atoms with van der Waals surface area (Å²) in [5.41, 5.74) is 6.86. The third kappa shape index (κ3) is 3.70. The molecule has 1 saturated heterocycles. The van der Waals surface area contributed by atoms with E-state index >= 15 is 0 Å². The Morgan fingerprint density at radius 2 is 2.12 bits per heavy atom. The molecule has 3 rings (SSSR count). The summed E-state index contributed by atoms with van der Waals surface area (Å²) in [5.74, 6) is -1.17. The monoisotopic (exact) mass is 344 g/mol. The number of carbonyl (C=O) groups is 2. The van der Waals surface area contributed by atoms with E-state index < -0.39 is 11.9 Å². The number of anilines is 2. The van der Waals surface area contributed by atoms with E-state index in [0.717, 1.165) is 0 Å². The Bertz CT molecular complexity index is 756. The number of aryl methyl sites for hydroxylation is 1. The fourth-order valence-corrected chi connectivity index (χ4v) is 2.93. The van der Waals surface area contributed by atoms with Gasteiger partial charge >= 0.3 is 5.97 Å². The number of aliphatic carboxylic acids is 1. The van der Waals surface area contributed by atoms with Gasteiger partial charge in [-0.05, 0) is 19.1 Å². The van der Waals surface area contributed by atoms with Gasteiger partial charge in [0.1, 0.15) is 11.5 Å². The van der Waals surface area contributed by atoms with Crippen molar-refractivity contribution in [2.24, 2.45) is 5.92 Å². The molecule has 1 aliphatic rings. The van der Waals surface area contributed by atoms with E-state index in [1.807, 2.05) is 4.90 Å². The summed E-state index contributed by atoms with van der Waals surface area (Å²) in [6.07, 6.45) is 1.67. The van der Waals surface area contributed by atoms with Crippen molar-refractivity contribution >= 4 is 23.6 Å². The van der Waals surface area contributed by atoms with Crippen LogP contribution in [0.3, 0.4) is 0 Å². The minimum absolute atomic E-state index is 0.142. The lowest BCUT2D eigenvalue weighted by atomic mass is 10.1. The number of carboxylic acid groups (broad SMARTS) is 1. The quantitative estimate of drug-likeness (QED) is 0.733. The summed E-state index contributed by atoms with van der Waals surface area (Å²) in [5, 5.41) is 9.54. The first-order valence-electron chi connectivity index (χ1n) is 7.95. The first kappa shape index (κ1) is 16.7. The number of amides is 1. The number of nitrogens with one attached hydrogen (secondary N) is 1. The molecule has 2 aromatic heterocycles. The van der Waals surface area contributed by atoms with Crippen LogP contribution in [0.1, 0.15) is 16.2 Å². The Morgan fingerprint density at radius 1 is 1.32 bits per heavy atom. The standard InChI is InChI=1S/C16H20N6O3/c1-10-7-13(20-16(17)19-10)21-5-6-22(9-11(8-21)15(24)25)14(23)12-3-2-4-18-12/h2-4,7,11,18H,5-6,8-9H2,1H3,(H,24,25)(H2,17,19,20)/t11-/m0/s1. The zero-order valence-electron chi connectivity index (χ0n) is 13.8. The molecule has 25 heavy (non-hydrogen) atoms. The normalized spacial score (nSPS) is 18.0. The van der Waals surface area contributed by atoms with E-state index in [0.29, 0.717) is 30.3 Å². The molecule has 2 aromatic rings. The third-order valence-corrected chi connectivity index (χ3v) is 4.17. The third-order valence-electron chi connectivity index (χ3n) is 4.17. The molecule has 0 aliphatic carbocycles. The molecule has 9 heteroatoms. The second-order valence-electron chi connectivity index (χ2n) is 6.04. The Morgan fingerprint density at radius 3 is 2.76 bits per heavy atom. The number of aromatic nitrogens is 3. The molecule has 0 saturated carbocycles. The molecule has 0 unspecified atom stereocenters. The van der Waals surface area contributed by atoms with E-state index in [9.17, 15) is 14.7 Å². The van der Waals surface area contributed by atoms with Gasteiger partial charge in [0.25, 0.3) is 5.91 Å². The van der Waals surface area contributed by atoms with Crippen molar-refractivity contribution < 1.29 is 14.7 Å². The lowest BCUT2D eigenvalue weighted by Crippen LogP contribution is -2.38. The van der Waals surface area contributed by atoms with Gasteiger partial charge in [0, 0.05) is 44.1 Å². The number of nitrogens with zero attached hydrogens (tertiary/aromatic N) is 4. The van der Waals surface area contributed by atoms with Gasteiger partial charge in [-0.3, -0.25) is 9.59 Å². The summed E-state index contributed by atoms with van der Waals surface area (Å²) in [6, 6.07) is 5.17. The first-order chi connectivity index (χ1) is 11.9. The van der Waals surface area contributed by atoms with Crippen LogP contribution in [0, 0.1) is 12.8 Å². The van der Waals surface area contributed by atoms with Crippen LogP contribution in [-0.4, -0.2) is 63.0 Å². The molecule has 0 bridgehead atoms. The lowest BCUT2D eigenvalue weighted by Gasteiger charge is -2.23. The number of hydrogen-bond donors (Lipinski definition) is 3. The largest absolute Gasteiger partial charge is 0.481 e. The van der Waals surface area contributed by atoms with Gasteiger partial charge in [-0.15, -0.1) is 0 Å². The minimum Gasteiger partial charge on any atom is -0.481 e. The summed E-state index contributed by atoms with van der Waals surface area (Å²) < 4.78 is 0. The average molecular weight is 344 g/mol. The van der Waals surface area contributed by atoms with Crippen LogP contribution >= 0.6 is 0 Å². The molecule has 1 atom stereocenters. The van der Waals surface area contributed by atoms with E-state index in [1.165, 1.54) is 0 Å². The average Bonchev–Trinajstić information content (AvgIpc) is 2.98. The van der Waals surface area contributed by atoms with Gasteiger partial charge in [0.05, 0.1) is 5.92 Å². The Kier molecular flexibility index (Phi) is 4.55. The minimum atomic E-state index is -0.949. The molecule has 0 spiro atoms. The lowest BCUT2D eigenvalue weighted by molar-refractivity contribution is -0.141. The fraction of sp³-hybridized carbons (Fsp3) is 0.375. The van der Waals surface area contributed by atoms with Crippen molar-refractivity contribution in [2.45, 2.75) is 6.92 Å². The number of carboxylic acids is 1. The van der Waals surface area contributed by atoms with E-state index in [-0.39, 0.29) is 24.9 Å². The fourth-order valence-electron chi connectivity index (χ4n) is 2.93. The molecular formula is C16H20N6O3. The second kappa shape index (κ2) is 6.80. The highest BCUT2D eigenvalue weighted by molar-refractivity contribution is 5.92. The van der Waals surface area contributed by atoms with E-state index in [4.69, 9.17) is 5.73 Å². The van der Waals surface area contributed by atoms with Crippen molar-refractivity contribution in [3.8, 4) is 0 Å². The second-order valence-corrected chi connectivity index (χ2v) is 6.04. The predicted octanol–water partition coefficient (Wildman–Crippen LogP) is 0.359. The van der Waals surface area contributed by atoms with Gasteiger partial charge in [-0.2, -0.15) is 4.98 Å². The number of H-pyrrole nitrogens is 1. The molecule has 1 amide bonds. The molecule has 4 N–H and O–H groups in total. The Labute approximate surface area is 144 Å². The maximum Gasteiger partial charge on any atom is 0.310 e. The Hall–Kier alpha value is -3.10. The number of hydrogen-bond acceptors (Lipinski definition) is 6. The molecule has 9 nitrogen and oxygen atoms in total. The van der Waals surface area contributed by atoms with Gasteiger partial charge in [-0.1, -0.05) is 0 Å². The van der Waals surface area contributed by atoms with Gasteiger partial charge in [0.2, 0.25) is 5.95 Å². The number of nitrogen functional groups attached to an aromatic ring is 1. The van der Waals surface area contributed by atoms with Crippen LogP contribution in [0.2, 0.25) is 0 Å². The highest BCUT2D eigenvalue weighted by atomic mass is 16.4. The van der Waals surface area contributed by atoms with Crippen molar-refractivity contribution in [2.75, 3.05) is 36.8 Å². The van der Waals surface area contributed by atoms with E-state index in [2.05, 4.69) is 15.0 Å². The topological polar surface area (TPSA) is 128 Å². The molecule has 3 heterocycles. The first-order valence-corrected chi connectivity index (χ1v) is 7.95. The van der Waals surface area contributed by atoms with Gasteiger partial charge in [0.15, 0.2) is 0 Å². The van der Waals surface area contributed by atoms with Crippen LogP contribution in [0.5, 0.6) is 0 Å². The SMILES string of the molecule is Cc1cc(N2CCN(C(=O)c3ccc[nH]3)C[C@@H](C(=O)O)C2)nc(N)n1. The molecular weight excluding hydrogens is 324 g/mol. The number of aromatic amines is 1. The van der Waals surface area contributed by atoms with E-state index in [1.54, 1.807) is 36.2 Å². The molecule has 1 aliphatic heterocycles. The van der Waals surface area contributed by atoms with Crippen molar-refractivity contribution in [3.05, 3.63) is 35.8 Å². The zero-order chi connectivity index (χ0) is 18.0. The number of carbonyl (C=O) groups excluding carboxylic acids is 1. The van der Waals surface area contributed by atoms with Crippen LogP contribution in [0.4, 0.5) is 11.8 Å².